The van der Waals surface area contributed by atoms with E-state index < -0.39 is 5.82 Å². The van der Waals surface area contributed by atoms with E-state index in [9.17, 15) is 9.18 Å². The van der Waals surface area contributed by atoms with Gasteiger partial charge in [0.05, 0.1) is 5.69 Å². The zero-order valence-electron chi connectivity index (χ0n) is 11.8. The van der Waals surface area contributed by atoms with Gasteiger partial charge in [-0.2, -0.15) is 0 Å². The summed E-state index contributed by atoms with van der Waals surface area (Å²) in [4.78, 5) is 12.5. The first-order valence-electron chi connectivity index (χ1n) is 7.74. The molecule has 2 nitrogen and oxygen atoms in total. The fourth-order valence-electron chi connectivity index (χ4n) is 4.03. The normalized spacial score (nSPS) is 29.8. The van der Waals surface area contributed by atoms with Crippen molar-refractivity contribution in [3.8, 4) is 0 Å². The van der Waals surface area contributed by atoms with Crippen LogP contribution in [0.4, 0.5) is 10.1 Å². The SMILES string of the molecule is Nc1ccc(C(=O)C2CCC3CCCCC3C2)cc1F. The van der Waals surface area contributed by atoms with E-state index in [0.29, 0.717) is 11.5 Å². The van der Waals surface area contributed by atoms with Gasteiger partial charge in [0.25, 0.3) is 0 Å². The lowest BCUT2D eigenvalue weighted by atomic mass is 9.66. The molecule has 3 heteroatoms. The van der Waals surface area contributed by atoms with Crippen molar-refractivity contribution >= 4 is 11.5 Å². The van der Waals surface area contributed by atoms with Gasteiger partial charge in [0, 0.05) is 11.5 Å². The number of nitrogens with two attached hydrogens (primary N) is 1. The van der Waals surface area contributed by atoms with Crippen LogP contribution in [0.1, 0.15) is 55.3 Å². The Morgan fingerprint density at radius 3 is 2.60 bits per heavy atom. The largest absolute Gasteiger partial charge is 0.396 e. The zero-order valence-corrected chi connectivity index (χ0v) is 11.8. The first kappa shape index (κ1) is 13.6. The van der Waals surface area contributed by atoms with Crippen molar-refractivity contribution in [1.29, 1.82) is 0 Å². The van der Waals surface area contributed by atoms with Crippen LogP contribution in [-0.2, 0) is 0 Å². The molecule has 3 atom stereocenters. The van der Waals surface area contributed by atoms with E-state index in [-0.39, 0.29) is 17.4 Å². The van der Waals surface area contributed by atoms with Crippen LogP contribution in [0.2, 0.25) is 0 Å². The highest BCUT2D eigenvalue weighted by atomic mass is 19.1. The van der Waals surface area contributed by atoms with Gasteiger partial charge in [0.15, 0.2) is 5.78 Å². The van der Waals surface area contributed by atoms with E-state index in [1.807, 2.05) is 0 Å². The minimum atomic E-state index is -0.484. The number of benzene rings is 1. The number of halogens is 1. The van der Waals surface area contributed by atoms with Crippen molar-refractivity contribution < 1.29 is 9.18 Å². The average molecular weight is 275 g/mol. The van der Waals surface area contributed by atoms with Crippen LogP contribution >= 0.6 is 0 Å². The highest BCUT2D eigenvalue weighted by Gasteiger charge is 2.35. The topological polar surface area (TPSA) is 43.1 Å². The smallest absolute Gasteiger partial charge is 0.166 e. The van der Waals surface area contributed by atoms with E-state index in [2.05, 4.69) is 0 Å². The first-order valence-corrected chi connectivity index (χ1v) is 7.74. The van der Waals surface area contributed by atoms with Gasteiger partial charge in [-0.1, -0.05) is 25.7 Å². The Morgan fingerprint density at radius 2 is 1.85 bits per heavy atom. The molecule has 2 saturated carbocycles. The van der Waals surface area contributed by atoms with Crippen molar-refractivity contribution in [2.24, 2.45) is 17.8 Å². The van der Waals surface area contributed by atoms with Gasteiger partial charge in [-0.3, -0.25) is 4.79 Å². The number of carbonyl (C=O) groups excluding carboxylic acids is 1. The molecule has 20 heavy (non-hydrogen) atoms. The molecule has 0 amide bonds. The molecule has 0 aliphatic heterocycles. The summed E-state index contributed by atoms with van der Waals surface area (Å²) in [7, 11) is 0. The van der Waals surface area contributed by atoms with Crippen molar-refractivity contribution in [3.63, 3.8) is 0 Å². The van der Waals surface area contributed by atoms with Crippen molar-refractivity contribution in [3.05, 3.63) is 29.6 Å². The van der Waals surface area contributed by atoms with Gasteiger partial charge in [0.2, 0.25) is 0 Å². The molecule has 2 N–H and O–H groups in total. The Hall–Kier alpha value is -1.38. The molecule has 1 aromatic rings. The van der Waals surface area contributed by atoms with E-state index in [0.717, 1.165) is 18.8 Å². The van der Waals surface area contributed by atoms with Crippen molar-refractivity contribution in [2.75, 3.05) is 5.73 Å². The molecule has 0 spiro atoms. The van der Waals surface area contributed by atoms with Gasteiger partial charge in [-0.25, -0.2) is 4.39 Å². The van der Waals surface area contributed by atoms with E-state index >= 15 is 0 Å². The summed E-state index contributed by atoms with van der Waals surface area (Å²) in [5, 5.41) is 0. The van der Waals surface area contributed by atoms with Gasteiger partial charge in [-0.05, 0) is 49.3 Å². The van der Waals surface area contributed by atoms with E-state index in [4.69, 9.17) is 5.73 Å². The molecule has 2 aliphatic carbocycles. The number of carbonyl (C=O) groups is 1. The summed E-state index contributed by atoms with van der Waals surface area (Å²) in [6.45, 7) is 0. The second-order valence-electron chi connectivity index (χ2n) is 6.42. The molecule has 0 bridgehead atoms. The van der Waals surface area contributed by atoms with E-state index in [1.54, 1.807) is 6.07 Å². The first-order chi connectivity index (χ1) is 9.65. The van der Waals surface area contributed by atoms with Gasteiger partial charge in [-0.15, -0.1) is 0 Å². The zero-order chi connectivity index (χ0) is 14.1. The minimum Gasteiger partial charge on any atom is -0.396 e. The minimum absolute atomic E-state index is 0.0809. The number of fused-ring (bicyclic) bond motifs is 1. The molecule has 0 radical (unpaired) electrons. The second-order valence-corrected chi connectivity index (χ2v) is 6.42. The maximum Gasteiger partial charge on any atom is 0.166 e. The van der Waals surface area contributed by atoms with Crippen LogP contribution in [0.25, 0.3) is 0 Å². The molecule has 3 unspecified atom stereocenters. The number of hydrogen-bond donors (Lipinski definition) is 1. The van der Waals surface area contributed by atoms with Crippen LogP contribution in [0.5, 0.6) is 0 Å². The molecule has 3 rings (SSSR count). The summed E-state index contributed by atoms with van der Waals surface area (Å²) >= 11 is 0. The van der Waals surface area contributed by atoms with Crippen LogP contribution in [-0.4, -0.2) is 5.78 Å². The van der Waals surface area contributed by atoms with Gasteiger partial charge < -0.3 is 5.73 Å². The van der Waals surface area contributed by atoms with Crippen LogP contribution in [0.15, 0.2) is 18.2 Å². The Labute approximate surface area is 119 Å². The van der Waals surface area contributed by atoms with Crippen molar-refractivity contribution in [1.82, 2.24) is 0 Å². The molecule has 2 fully saturated rings. The lowest BCUT2D eigenvalue weighted by Crippen LogP contribution is -2.31. The van der Waals surface area contributed by atoms with Crippen LogP contribution < -0.4 is 5.73 Å². The maximum absolute atomic E-state index is 13.5. The molecule has 1 aromatic carbocycles. The number of nitrogen functional groups attached to an aromatic ring is 1. The predicted octanol–water partition coefficient (Wildman–Crippen LogP) is 4.20. The summed E-state index contributed by atoms with van der Waals surface area (Å²) < 4.78 is 13.5. The van der Waals surface area contributed by atoms with Crippen LogP contribution in [0.3, 0.4) is 0 Å². The lowest BCUT2D eigenvalue weighted by molar-refractivity contribution is 0.0763. The lowest BCUT2D eigenvalue weighted by Gasteiger charge is -2.38. The third-order valence-corrected chi connectivity index (χ3v) is 5.20. The predicted molar refractivity (Wildman–Crippen MR) is 77.9 cm³/mol. The summed E-state index contributed by atoms with van der Waals surface area (Å²) in [5.74, 6) is 1.24. The molecule has 0 heterocycles. The maximum atomic E-state index is 13.5. The number of ketones is 1. The van der Waals surface area contributed by atoms with Gasteiger partial charge >= 0.3 is 0 Å². The fraction of sp³-hybridized carbons (Fsp3) is 0.588. The monoisotopic (exact) mass is 275 g/mol. The third kappa shape index (κ3) is 2.58. The fourth-order valence-corrected chi connectivity index (χ4v) is 4.03. The summed E-state index contributed by atoms with van der Waals surface area (Å²) in [6, 6.07) is 4.45. The number of anilines is 1. The average Bonchev–Trinajstić information content (AvgIpc) is 2.49. The summed E-state index contributed by atoms with van der Waals surface area (Å²) in [5.41, 5.74) is 6.06. The number of Topliss-reactive ketones (excluding diaryl/α,β-unsaturated/α-hetero) is 1. The Kier molecular flexibility index (Phi) is 3.77. The van der Waals surface area contributed by atoms with Crippen molar-refractivity contribution in [2.45, 2.75) is 44.9 Å². The molecule has 108 valence electrons. The van der Waals surface area contributed by atoms with Crippen LogP contribution in [0, 0.1) is 23.6 Å². The molecule has 2 aliphatic rings. The van der Waals surface area contributed by atoms with E-state index in [1.165, 1.54) is 44.2 Å². The molecular weight excluding hydrogens is 253 g/mol. The standard InChI is InChI=1S/C17H22FNO/c18-15-10-14(7-8-16(15)19)17(20)13-6-5-11-3-1-2-4-12(11)9-13/h7-8,10-13H,1-6,9,19H2. The molecule has 0 saturated heterocycles. The highest BCUT2D eigenvalue weighted by Crippen LogP contribution is 2.43. The number of rotatable bonds is 2. The Balaban J connectivity index is 1.72. The number of hydrogen-bond acceptors (Lipinski definition) is 2. The Morgan fingerprint density at radius 1 is 1.10 bits per heavy atom. The highest BCUT2D eigenvalue weighted by molar-refractivity contribution is 5.98. The van der Waals surface area contributed by atoms with Gasteiger partial charge in [0.1, 0.15) is 5.82 Å². The summed E-state index contributed by atoms with van der Waals surface area (Å²) in [6.07, 6.45) is 8.38. The molecule has 0 aromatic heterocycles. The Bertz CT molecular complexity index is 514. The third-order valence-electron chi connectivity index (χ3n) is 5.20. The quantitative estimate of drug-likeness (QED) is 0.649. The molecular formula is C17H22FNO. The second kappa shape index (κ2) is 5.55.